The zero-order valence-corrected chi connectivity index (χ0v) is 20.9. The number of aryl methyl sites for hydroxylation is 1. The minimum absolute atomic E-state index is 0. The molecule has 176 valence electrons. The van der Waals surface area contributed by atoms with Crippen molar-refractivity contribution in [1.82, 2.24) is 25.1 Å². The van der Waals surface area contributed by atoms with Gasteiger partial charge in [-0.1, -0.05) is 41.0 Å². The molecule has 1 N–H and O–H groups in total. The van der Waals surface area contributed by atoms with Crippen LogP contribution >= 0.6 is 47.4 Å². The first-order chi connectivity index (χ1) is 15.4. The van der Waals surface area contributed by atoms with Gasteiger partial charge in [0, 0.05) is 30.9 Å². The molecule has 0 bridgehead atoms. The van der Waals surface area contributed by atoms with Crippen LogP contribution in [0.1, 0.15) is 23.2 Å². The van der Waals surface area contributed by atoms with Gasteiger partial charge in [-0.25, -0.2) is 14.8 Å². The fourth-order valence-electron chi connectivity index (χ4n) is 3.50. The summed E-state index contributed by atoms with van der Waals surface area (Å²) in [7, 11) is 1.50. The van der Waals surface area contributed by atoms with Crippen LogP contribution in [0.5, 0.6) is 0 Å². The van der Waals surface area contributed by atoms with Gasteiger partial charge in [-0.15, -0.1) is 17.5 Å². The summed E-state index contributed by atoms with van der Waals surface area (Å²) in [6.45, 7) is 1.28. The quantitative estimate of drug-likeness (QED) is 0.292. The van der Waals surface area contributed by atoms with Crippen molar-refractivity contribution >= 4 is 59.0 Å². The molecule has 0 saturated carbocycles. The first-order valence-corrected chi connectivity index (χ1v) is 11.8. The molecule has 4 rings (SSSR count). The summed E-state index contributed by atoms with van der Waals surface area (Å²) >= 11 is 13.9. The molecule has 1 amide bonds. The Kier molecular flexibility index (Phi) is 8.41. The van der Waals surface area contributed by atoms with Gasteiger partial charge in [-0.3, -0.25) is 4.79 Å². The minimum atomic E-state index is -0.571. The Bertz CT molecular complexity index is 1190. The highest BCUT2D eigenvalue weighted by Crippen LogP contribution is 2.30. The van der Waals surface area contributed by atoms with Crippen molar-refractivity contribution in [2.45, 2.75) is 24.0 Å². The van der Waals surface area contributed by atoms with Crippen LogP contribution in [-0.2, 0) is 7.05 Å². The second-order valence-electron chi connectivity index (χ2n) is 7.22. The lowest BCUT2D eigenvalue weighted by Crippen LogP contribution is -2.41. The van der Waals surface area contributed by atoms with E-state index in [0.717, 1.165) is 24.1 Å². The lowest BCUT2D eigenvalue weighted by molar-refractivity contribution is 0.0984. The van der Waals surface area contributed by atoms with Gasteiger partial charge in [0.25, 0.3) is 5.91 Å². The van der Waals surface area contributed by atoms with Gasteiger partial charge in [-0.2, -0.15) is 4.68 Å². The molecule has 33 heavy (non-hydrogen) atoms. The zero-order valence-electron chi connectivity index (χ0n) is 17.7. The summed E-state index contributed by atoms with van der Waals surface area (Å²) in [5.41, 5.74) is 1.18. The largest absolute Gasteiger partial charge is 0.437 e. The molecule has 2 aromatic heterocycles. The van der Waals surface area contributed by atoms with Gasteiger partial charge >= 0.3 is 5.76 Å². The van der Waals surface area contributed by atoms with E-state index in [4.69, 9.17) is 27.6 Å². The van der Waals surface area contributed by atoms with Crippen molar-refractivity contribution in [2.24, 2.45) is 7.05 Å². The zero-order chi connectivity index (χ0) is 22.8. The van der Waals surface area contributed by atoms with E-state index in [1.807, 2.05) is 0 Å². The Morgan fingerprint density at radius 2 is 2.06 bits per heavy atom. The topological polar surface area (TPSA) is 106 Å². The lowest BCUT2D eigenvalue weighted by atomic mass is 10.1. The van der Waals surface area contributed by atoms with Crippen LogP contribution in [0.2, 0.25) is 10.3 Å². The number of benzene rings is 1. The number of halogens is 3. The van der Waals surface area contributed by atoms with Gasteiger partial charge in [-0.05, 0) is 43.8 Å². The number of carbonyl (C=O) groups is 1. The van der Waals surface area contributed by atoms with Crippen LogP contribution in [0.3, 0.4) is 0 Å². The van der Waals surface area contributed by atoms with E-state index < -0.39 is 11.7 Å². The van der Waals surface area contributed by atoms with Crippen molar-refractivity contribution in [3.8, 4) is 11.5 Å². The average Bonchev–Trinajstić information content (AvgIpc) is 3.41. The smallest absolute Gasteiger partial charge is 0.388 e. The van der Waals surface area contributed by atoms with Gasteiger partial charge in [0.1, 0.15) is 15.9 Å². The Morgan fingerprint density at radius 3 is 2.64 bits per heavy atom. The molecule has 9 nitrogen and oxygen atoms in total. The molecular weight excluding hydrogens is 511 g/mol. The summed E-state index contributed by atoms with van der Waals surface area (Å²) in [6, 6.07) is 7.15. The monoisotopic (exact) mass is 530 g/mol. The molecule has 0 aliphatic carbocycles. The minimum Gasteiger partial charge on any atom is -0.388 e. The number of hydrogen-bond donors (Lipinski definition) is 1. The van der Waals surface area contributed by atoms with E-state index >= 15 is 0 Å². The summed E-state index contributed by atoms with van der Waals surface area (Å²) < 4.78 is 6.30. The summed E-state index contributed by atoms with van der Waals surface area (Å²) in [6.07, 6.45) is 3.75. The van der Waals surface area contributed by atoms with Crippen LogP contribution in [-0.4, -0.2) is 51.0 Å². The molecule has 1 aliphatic rings. The molecule has 1 aliphatic heterocycles. The first kappa shape index (κ1) is 25.5. The highest BCUT2D eigenvalue weighted by Gasteiger charge is 2.29. The third-order valence-electron chi connectivity index (χ3n) is 5.10. The summed E-state index contributed by atoms with van der Waals surface area (Å²) in [5.74, 6) is -0.825. The fourth-order valence-corrected chi connectivity index (χ4v) is 4.52. The second kappa shape index (κ2) is 10.9. The van der Waals surface area contributed by atoms with Gasteiger partial charge in [0.15, 0.2) is 5.16 Å². The molecule has 1 aromatic carbocycles. The van der Waals surface area contributed by atoms with Crippen molar-refractivity contribution in [1.29, 1.82) is 0 Å². The van der Waals surface area contributed by atoms with Crippen LogP contribution in [0.25, 0.3) is 11.5 Å². The molecule has 1 saturated heterocycles. The Labute approximate surface area is 210 Å². The normalized spacial score (nSPS) is 15.3. The first-order valence-electron chi connectivity index (χ1n) is 9.84. The molecule has 3 heterocycles. The number of thioether (sulfide) groups is 1. The number of rotatable bonds is 6. The van der Waals surface area contributed by atoms with Crippen molar-refractivity contribution in [3.63, 3.8) is 0 Å². The van der Waals surface area contributed by atoms with Crippen molar-refractivity contribution in [2.75, 3.05) is 24.2 Å². The predicted molar refractivity (Wildman–Crippen MR) is 131 cm³/mol. The average molecular weight is 532 g/mol. The Morgan fingerprint density at radius 1 is 1.33 bits per heavy atom. The lowest BCUT2D eigenvalue weighted by Gasteiger charge is -2.27. The molecule has 1 atom stereocenters. The maximum atomic E-state index is 13.6. The van der Waals surface area contributed by atoms with Crippen LogP contribution < -0.4 is 16.0 Å². The molecule has 0 spiro atoms. The molecule has 1 unspecified atom stereocenters. The van der Waals surface area contributed by atoms with Crippen LogP contribution in [0.4, 0.5) is 5.69 Å². The van der Waals surface area contributed by atoms with E-state index in [9.17, 15) is 9.59 Å². The van der Waals surface area contributed by atoms with Gasteiger partial charge in [0.05, 0.1) is 0 Å². The van der Waals surface area contributed by atoms with E-state index in [1.54, 1.807) is 35.4 Å². The number of aromatic nitrogens is 4. The molecule has 1 fully saturated rings. The highest BCUT2D eigenvalue weighted by molar-refractivity contribution is 7.98. The van der Waals surface area contributed by atoms with Crippen molar-refractivity contribution < 1.29 is 9.21 Å². The molecule has 13 heteroatoms. The number of carbonyl (C=O) groups excluding carboxylic acids is 1. The third-order valence-corrected chi connectivity index (χ3v) is 6.20. The number of hydrogen-bond acceptors (Lipinski definition) is 8. The second-order valence-corrected chi connectivity index (χ2v) is 8.71. The summed E-state index contributed by atoms with van der Waals surface area (Å²) in [5, 5.41) is 7.86. The number of amides is 1. The van der Waals surface area contributed by atoms with E-state index in [0.29, 0.717) is 23.0 Å². The Hall–Kier alpha value is -2.11. The van der Waals surface area contributed by atoms with E-state index in [-0.39, 0.29) is 40.2 Å². The molecule has 0 radical (unpaired) electrons. The standard InChI is InChI=1S/C20H20Cl2N6O3S.ClH/c1-27-20(30)31-17(26-27)11-5-3-7-13(9-11)28(10-12-6-4-8-23-12)18(29)14-15(21)24-19(32-2)25-16(14)22;/h3,5,7,9,12,23H,4,6,8,10H2,1-2H3;1H. The summed E-state index contributed by atoms with van der Waals surface area (Å²) in [4.78, 5) is 35.2. The van der Waals surface area contributed by atoms with Crippen LogP contribution in [0.15, 0.2) is 38.6 Å². The van der Waals surface area contributed by atoms with E-state index in [2.05, 4.69) is 20.4 Å². The number of anilines is 1. The maximum Gasteiger partial charge on any atom is 0.437 e. The predicted octanol–water partition coefficient (Wildman–Crippen LogP) is 3.68. The van der Waals surface area contributed by atoms with Gasteiger partial charge < -0.3 is 14.6 Å². The Balaban J connectivity index is 0.00000306. The third kappa shape index (κ3) is 5.52. The SMILES string of the molecule is CSc1nc(Cl)c(C(=O)N(CC2CCCN2)c2cccc(-c3nn(C)c(=O)o3)c2)c(Cl)n1.Cl. The van der Waals surface area contributed by atoms with Crippen molar-refractivity contribution in [3.05, 3.63) is 50.7 Å². The molecule has 3 aromatic rings. The number of nitrogens with one attached hydrogen (secondary N) is 1. The van der Waals surface area contributed by atoms with E-state index in [1.165, 1.54) is 18.8 Å². The fraction of sp³-hybridized carbons (Fsp3) is 0.350. The van der Waals surface area contributed by atoms with Gasteiger partial charge in [0.2, 0.25) is 5.89 Å². The van der Waals surface area contributed by atoms with Crippen LogP contribution in [0, 0.1) is 0 Å². The molecular formula is C20H21Cl3N6O3S. The highest BCUT2D eigenvalue weighted by atomic mass is 35.5. The maximum absolute atomic E-state index is 13.6. The number of nitrogens with zero attached hydrogens (tertiary/aromatic N) is 5.